The Morgan fingerprint density at radius 3 is 1.67 bits per heavy atom. The first kappa shape index (κ1) is 13.5. The minimum absolute atomic E-state index is 0.240. The maximum absolute atomic E-state index is 2.56. The fourth-order valence-electron chi connectivity index (χ4n) is 4.29. The van der Waals surface area contributed by atoms with Crippen molar-refractivity contribution in [1.82, 2.24) is 0 Å². The van der Waals surface area contributed by atoms with E-state index in [2.05, 4.69) is 41.5 Å². The average molecular weight is 228 g/mol. The van der Waals surface area contributed by atoms with E-state index in [4.69, 9.17) is 0 Å². The fourth-order valence-corrected chi connectivity index (χ4v) is 9.79. The normalized spacial score (nSPS) is 40.6. The van der Waals surface area contributed by atoms with Gasteiger partial charge in [-0.1, -0.05) is 62.3 Å². The molecule has 0 saturated carbocycles. The zero-order chi connectivity index (χ0) is 11.7. The lowest BCUT2D eigenvalue weighted by Crippen LogP contribution is -2.51. The zero-order valence-corrected chi connectivity index (χ0v) is 12.5. The van der Waals surface area contributed by atoms with Gasteiger partial charge in [-0.15, -0.1) is 0 Å². The van der Waals surface area contributed by atoms with Crippen molar-refractivity contribution in [2.75, 3.05) is 0 Å². The first-order valence-corrected chi connectivity index (χ1v) is 8.10. The van der Waals surface area contributed by atoms with Gasteiger partial charge in [0.2, 0.25) is 0 Å². The van der Waals surface area contributed by atoms with Crippen molar-refractivity contribution in [1.29, 1.82) is 0 Å². The molecule has 0 bridgehead atoms. The Morgan fingerprint density at radius 1 is 1.00 bits per heavy atom. The van der Waals surface area contributed by atoms with Gasteiger partial charge in [0.25, 0.3) is 0 Å². The molecule has 2 atom stereocenters. The lowest BCUT2D eigenvalue weighted by molar-refractivity contribution is 0.355. The SMILES string of the molecule is CCCC1(C)CC(C)(CCC)P1C(C)C. The van der Waals surface area contributed by atoms with Gasteiger partial charge in [0, 0.05) is 0 Å². The Hall–Kier alpha value is 0.430. The average Bonchev–Trinajstić information content (AvgIpc) is 2.00. The minimum atomic E-state index is 0.240. The van der Waals surface area contributed by atoms with Crippen LogP contribution in [0.2, 0.25) is 0 Å². The van der Waals surface area contributed by atoms with Gasteiger partial charge in [-0.25, -0.2) is 0 Å². The highest BCUT2D eigenvalue weighted by Gasteiger charge is 2.57. The van der Waals surface area contributed by atoms with Crippen molar-refractivity contribution >= 4 is 7.92 Å². The van der Waals surface area contributed by atoms with Crippen LogP contribution in [0.4, 0.5) is 0 Å². The van der Waals surface area contributed by atoms with Gasteiger partial charge in [0.1, 0.15) is 0 Å². The molecule has 90 valence electrons. The standard InChI is InChI=1S/C14H29P/c1-7-9-13(5)11-14(6,10-8-2)15(13)12(3)4/h12H,7-11H2,1-6H3. The molecule has 0 N–H and O–H groups in total. The van der Waals surface area contributed by atoms with Crippen LogP contribution in [-0.4, -0.2) is 16.0 Å². The maximum atomic E-state index is 2.56. The molecular weight excluding hydrogens is 199 g/mol. The van der Waals surface area contributed by atoms with Gasteiger partial charge in [-0.05, 0) is 35.2 Å². The monoisotopic (exact) mass is 228 g/mol. The fraction of sp³-hybridized carbons (Fsp3) is 1.00. The van der Waals surface area contributed by atoms with E-state index in [0.29, 0.717) is 10.3 Å². The molecule has 1 heteroatoms. The third kappa shape index (κ3) is 2.41. The van der Waals surface area contributed by atoms with Crippen LogP contribution in [0, 0.1) is 0 Å². The van der Waals surface area contributed by atoms with E-state index < -0.39 is 0 Å². The first-order valence-electron chi connectivity index (χ1n) is 6.69. The molecule has 0 aliphatic carbocycles. The van der Waals surface area contributed by atoms with E-state index >= 15 is 0 Å². The van der Waals surface area contributed by atoms with Crippen molar-refractivity contribution in [3.8, 4) is 0 Å². The summed E-state index contributed by atoms with van der Waals surface area (Å²) in [7, 11) is 0.240. The van der Waals surface area contributed by atoms with Crippen molar-refractivity contribution < 1.29 is 0 Å². The molecule has 0 aromatic carbocycles. The van der Waals surface area contributed by atoms with Gasteiger partial charge in [-0.2, -0.15) is 0 Å². The topological polar surface area (TPSA) is 0 Å². The molecule has 15 heavy (non-hydrogen) atoms. The Bertz CT molecular complexity index is 193. The molecule has 1 rings (SSSR count). The van der Waals surface area contributed by atoms with Crippen LogP contribution in [0.25, 0.3) is 0 Å². The minimum Gasteiger partial charge on any atom is -0.0918 e. The van der Waals surface area contributed by atoms with Crippen LogP contribution in [0.15, 0.2) is 0 Å². The smallest absolute Gasteiger partial charge is 0.0107 e. The number of hydrogen-bond donors (Lipinski definition) is 0. The quantitative estimate of drug-likeness (QED) is 0.553. The number of rotatable bonds is 5. The predicted molar refractivity (Wildman–Crippen MR) is 73.3 cm³/mol. The number of hydrogen-bond acceptors (Lipinski definition) is 0. The van der Waals surface area contributed by atoms with Gasteiger partial charge < -0.3 is 0 Å². The van der Waals surface area contributed by atoms with Gasteiger partial charge in [0.15, 0.2) is 0 Å². The Morgan fingerprint density at radius 2 is 1.40 bits per heavy atom. The molecule has 0 spiro atoms. The summed E-state index contributed by atoms with van der Waals surface area (Å²) in [6.07, 6.45) is 7.13. The molecule has 1 aliphatic rings. The summed E-state index contributed by atoms with van der Waals surface area (Å²) in [6, 6.07) is 0. The Labute approximate surface area is 98.0 Å². The molecule has 1 heterocycles. The second kappa shape index (κ2) is 4.74. The van der Waals surface area contributed by atoms with Crippen LogP contribution in [0.1, 0.15) is 73.6 Å². The summed E-state index contributed by atoms with van der Waals surface area (Å²) >= 11 is 0. The lowest BCUT2D eigenvalue weighted by atomic mass is 9.87. The summed E-state index contributed by atoms with van der Waals surface area (Å²) in [5.41, 5.74) is 0.918. The van der Waals surface area contributed by atoms with Gasteiger partial charge in [-0.3, -0.25) is 0 Å². The molecule has 1 aliphatic heterocycles. The second-order valence-corrected chi connectivity index (χ2v) is 10.1. The van der Waals surface area contributed by atoms with Gasteiger partial charge in [0.05, 0.1) is 0 Å². The van der Waals surface area contributed by atoms with Crippen molar-refractivity contribution in [3.05, 3.63) is 0 Å². The summed E-state index contributed by atoms with van der Waals surface area (Å²) in [5.74, 6) is 0. The van der Waals surface area contributed by atoms with E-state index in [9.17, 15) is 0 Å². The Kier molecular flexibility index (Phi) is 4.27. The zero-order valence-electron chi connectivity index (χ0n) is 11.6. The van der Waals surface area contributed by atoms with E-state index in [1.165, 1.54) is 32.1 Å². The molecule has 0 amide bonds. The highest BCUT2D eigenvalue weighted by Crippen LogP contribution is 2.78. The molecule has 0 radical (unpaired) electrons. The highest BCUT2D eigenvalue weighted by molar-refractivity contribution is 7.63. The van der Waals surface area contributed by atoms with Crippen molar-refractivity contribution in [3.63, 3.8) is 0 Å². The molecule has 1 fully saturated rings. The molecule has 2 unspecified atom stereocenters. The van der Waals surface area contributed by atoms with Crippen molar-refractivity contribution in [2.45, 2.75) is 89.6 Å². The second-order valence-electron chi connectivity index (χ2n) is 6.13. The third-order valence-corrected chi connectivity index (χ3v) is 8.14. The molecule has 0 aromatic rings. The maximum Gasteiger partial charge on any atom is -0.0107 e. The molecule has 1 saturated heterocycles. The lowest BCUT2D eigenvalue weighted by Gasteiger charge is -2.63. The predicted octanol–water partition coefficient (Wildman–Crippen LogP) is 5.40. The van der Waals surface area contributed by atoms with E-state index in [0.717, 1.165) is 5.66 Å². The summed E-state index contributed by atoms with van der Waals surface area (Å²) in [5, 5.41) is 1.42. The van der Waals surface area contributed by atoms with Crippen LogP contribution in [0.3, 0.4) is 0 Å². The van der Waals surface area contributed by atoms with Crippen molar-refractivity contribution in [2.24, 2.45) is 0 Å². The third-order valence-electron chi connectivity index (χ3n) is 4.02. The molecule has 0 nitrogen and oxygen atoms in total. The van der Waals surface area contributed by atoms with Crippen LogP contribution < -0.4 is 0 Å². The summed E-state index contributed by atoms with van der Waals surface area (Å²) in [6.45, 7) is 14.7. The van der Waals surface area contributed by atoms with Crippen LogP contribution >= 0.6 is 7.92 Å². The summed E-state index contributed by atoms with van der Waals surface area (Å²) in [4.78, 5) is 0. The van der Waals surface area contributed by atoms with Crippen LogP contribution in [-0.2, 0) is 0 Å². The van der Waals surface area contributed by atoms with E-state index in [-0.39, 0.29) is 7.92 Å². The summed E-state index contributed by atoms with van der Waals surface area (Å²) < 4.78 is 0. The van der Waals surface area contributed by atoms with E-state index in [1.54, 1.807) is 0 Å². The highest BCUT2D eigenvalue weighted by atomic mass is 31.1. The molecule has 0 aromatic heterocycles. The van der Waals surface area contributed by atoms with Gasteiger partial charge >= 0.3 is 0 Å². The Balaban J connectivity index is 2.75. The molecular formula is C14H29P. The first-order chi connectivity index (χ1) is 6.89. The van der Waals surface area contributed by atoms with E-state index in [1.807, 2.05) is 0 Å². The van der Waals surface area contributed by atoms with Crippen LogP contribution in [0.5, 0.6) is 0 Å². The largest absolute Gasteiger partial charge is 0.0918 e.